The van der Waals surface area contributed by atoms with Crippen molar-refractivity contribution in [3.05, 3.63) is 45.9 Å². The molecular formula is C13H15IN2O3S. The molecule has 1 aromatic carbocycles. The summed E-state index contributed by atoms with van der Waals surface area (Å²) < 4.78 is 31.6. The SMILES string of the molecule is CCS(=O)(=O)Nc1ccc(NCc2ccc(I)o2)cc1. The highest BCUT2D eigenvalue weighted by Crippen LogP contribution is 2.17. The van der Waals surface area contributed by atoms with Gasteiger partial charge in [-0.2, -0.15) is 0 Å². The zero-order chi connectivity index (χ0) is 14.6. The van der Waals surface area contributed by atoms with Crippen LogP contribution in [0.4, 0.5) is 11.4 Å². The second-order valence-electron chi connectivity index (χ2n) is 4.14. The van der Waals surface area contributed by atoms with Crippen molar-refractivity contribution in [2.24, 2.45) is 0 Å². The summed E-state index contributed by atoms with van der Waals surface area (Å²) in [5.74, 6) is 0.912. The van der Waals surface area contributed by atoms with Gasteiger partial charge in [0, 0.05) is 11.4 Å². The first-order valence-electron chi connectivity index (χ1n) is 6.07. The van der Waals surface area contributed by atoms with Gasteiger partial charge in [0.25, 0.3) is 0 Å². The van der Waals surface area contributed by atoms with Gasteiger partial charge in [-0.05, 0) is 65.9 Å². The molecule has 0 fully saturated rings. The van der Waals surface area contributed by atoms with Gasteiger partial charge in [0.1, 0.15) is 5.76 Å². The van der Waals surface area contributed by atoms with E-state index in [0.29, 0.717) is 12.2 Å². The van der Waals surface area contributed by atoms with Crippen LogP contribution in [0, 0.1) is 3.77 Å². The van der Waals surface area contributed by atoms with Crippen LogP contribution in [0.25, 0.3) is 0 Å². The highest BCUT2D eigenvalue weighted by atomic mass is 127. The van der Waals surface area contributed by atoms with E-state index in [1.165, 1.54) is 0 Å². The Bertz CT molecular complexity index is 665. The zero-order valence-electron chi connectivity index (χ0n) is 10.9. The maximum Gasteiger partial charge on any atom is 0.232 e. The van der Waals surface area contributed by atoms with Crippen molar-refractivity contribution in [2.75, 3.05) is 15.8 Å². The first-order valence-corrected chi connectivity index (χ1v) is 8.80. The van der Waals surface area contributed by atoms with Gasteiger partial charge in [0.05, 0.1) is 12.3 Å². The Morgan fingerprint density at radius 2 is 1.75 bits per heavy atom. The zero-order valence-corrected chi connectivity index (χ0v) is 13.9. The molecule has 0 radical (unpaired) electrons. The molecule has 2 N–H and O–H groups in total. The van der Waals surface area contributed by atoms with Gasteiger partial charge in [0.2, 0.25) is 10.0 Å². The fourth-order valence-corrected chi connectivity index (χ4v) is 2.65. The predicted molar refractivity (Wildman–Crippen MR) is 88.3 cm³/mol. The largest absolute Gasteiger partial charge is 0.454 e. The Balaban J connectivity index is 1.94. The summed E-state index contributed by atoms with van der Waals surface area (Å²) in [6, 6.07) is 10.9. The molecule has 0 aliphatic heterocycles. The molecule has 0 saturated carbocycles. The first kappa shape index (κ1) is 15.2. The van der Waals surface area contributed by atoms with E-state index in [1.807, 2.05) is 24.3 Å². The fourth-order valence-electron chi connectivity index (χ4n) is 1.54. The molecule has 5 nitrogen and oxygen atoms in total. The third-order valence-corrected chi connectivity index (χ3v) is 4.52. The number of rotatable bonds is 6. The van der Waals surface area contributed by atoms with Crippen LogP contribution in [0.15, 0.2) is 40.8 Å². The molecular weight excluding hydrogens is 391 g/mol. The monoisotopic (exact) mass is 406 g/mol. The second kappa shape index (κ2) is 6.49. The molecule has 0 atom stereocenters. The van der Waals surface area contributed by atoms with Crippen LogP contribution in [-0.2, 0) is 16.6 Å². The summed E-state index contributed by atoms with van der Waals surface area (Å²) >= 11 is 2.12. The van der Waals surface area contributed by atoms with Crippen molar-refractivity contribution < 1.29 is 12.8 Å². The summed E-state index contributed by atoms with van der Waals surface area (Å²) in [6.07, 6.45) is 0. The molecule has 2 rings (SSSR count). The van der Waals surface area contributed by atoms with E-state index in [0.717, 1.165) is 15.2 Å². The third-order valence-electron chi connectivity index (χ3n) is 2.63. The predicted octanol–water partition coefficient (Wildman–Crippen LogP) is 3.26. The standard InChI is InChI=1S/C13H15IN2O3S/c1-2-20(17,18)16-11-5-3-10(4-6-11)15-9-12-7-8-13(14)19-12/h3-8,15-16H,2,9H2,1H3. The molecule has 0 amide bonds. The van der Waals surface area contributed by atoms with Crippen LogP contribution in [0.1, 0.15) is 12.7 Å². The maximum absolute atomic E-state index is 11.4. The number of hydrogen-bond acceptors (Lipinski definition) is 4. The Morgan fingerprint density at radius 1 is 1.10 bits per heavy atom. The van der Waals surface area contributed by atoms with Gasteiger partial charge in [-0.15, -0.1) is 0 Å². The van der Waals surface area contributed by atoms with E-state index in [9.17, 15) is 8.42 Å². The van der Waals surface area contributed by atoms with Gasteiger partial charge in [-0.25, -0.2) is 8.42 Å². The van der Waals surface area contributed by atoms with Gasteiger partial charge < -0.3 is 9.73 Å². The molecule has 2 aromatic rings. The minimum Gasteiger partial charge on any atom is -0.454 e. The summed E-state index contributed by atoms with van der Waals surface area (Å²) in [7, 11) is -3.22. The van der Waals surface area contributed by atoms with Gasteiger partial charge in [-0.1, -0.05) is 0 Å². The van der Waals surface area contributed by atoms with Crippen LogP contribution in [0.3, 0.4) is 0 Å². The van der Waals surface area contributed by atoms with E-state index >= 15 is 0 Å². The van der Waals surface area contributed by atoms with E-state index in [1.54, 1.807) is 19.1 Å². The molecule has 0 spiro atoms. The average molecular weight is 406 g/mol. The number of hydrogen-bond donors (Lipinski definition) is 2. The molecule has 1 aromatic heterocycles. The number of furan rings is 1. The highest BCUT2D eigenvalue weighted by Gasteiger charge is 2.06. The highest BCUT2D eigenvalue weighted by molar-refractivity contribution is 14.1. The molecule has 7 heteroatoms. The molecule has 1 heterocycles. The summed E-state index contributed by atoms with van der Waals surface area (Å²) in [6.45, 7) is 2.19. The molecule has 0 saturated heterocycles. The lowest BCUT2D eigenvalue weighted by molar-refractivity contribution is 0.493. The van der Waals surface area contributed by atoms with Crippen LogP contribution >= 0.6 is 22.6 Å². The number of sulfonamides is 1. The minimum absolute atomic E-state index is 0.0597. The topological polar surface area (TPSA) is 71.3 Å². The lowest BCUT2D eigenvalue weighted by Crippen LogP contribution is -2.14. The molecule has 0 aliphatic rings. The van der Waals surface area contributed by atoms with E-state index in [2.05, 4.69) is 32.6 Å². The van der Waals surface area contributed by atoms with Crippen molar-refractivity contribution in [3.8, 4) is 0 Å². The molecule has 0 bridgehead atoms. The quantitative estimate of drug-likeness (QED) is 0.723. The second-order valence-corrected chi connectivity index (χ2v) is 7.22. The van der Waals surface area contributed by atoms with Crippen LogP contribution in [0.2, 0.25) is 0 Å². The van der Waals surface area contributed by atoms with Crippen molar-refractivity contribution in [3.63, 3.8) is 0 Å². The first-order chi connectivity index (χ1) is 9.48. The smallest absolute Gasteiger partial charge is 0.232 e. The lowest BCUT2D eigenvalue weighted by atomic mass is 10.3. The van der Waals surface area contributed by atoms with Crippen molar-refractivity contribution in [1.29, 1.82) is 0 Å². The third kappa shape index (κ3) is 4.41. The Labute approximate surface area is 131 Å². The van der Waals surface area contributed by atoms with Crippen molar-refractivity contribution in [2.45, 2.75) is 13.5 Å². The van der Waals surface area contributed by atoms with Crippen LogP contribution in [0.5, 0.6) is 0 Å². The molecule has 108 valence electrons. The summed E-state index contributed by atoms with van der Waals surface area (Å²) in [4.78, 5) is 0. The minimum atomic E-state index is -3.22. The number of anilines is 2. The van der Waals surface area contributed by atoms with E-state index in [-0.39, 0.29) is 5.75 Å². The molecule has 0 aliphatic carbocycles. The maximum atomic E-state index is 11.4. The number of halogens is 1. The van der Waals surface area contributed by atoms with E-state index in [4.69, 9.17) is 4.42 Å². The lowest BCUT2D eigenvalue weighted by Gasteiger charge is -2.08. The summed E-state index contributed by atoms with van der Waals surface area (Å²) in [5, 5.41) is 3.20. The summed E-state index contributed by atoms with van der Waals surface area (Å²) in [5.41, 5.74) is 1.46. The van der Waals surface area contributed by atoms with Crippen molar-refractivity contribution in [1.82, 2.24) is 0 Å². The Morgan fingerprint density at radius 3 is 2.30 bits per heavy atom. The Kier molecular flexibility index (Phi) is 4.92. The van der Waals surface area contributed by atoms with Gasteiger partial charge in [-0.3, -0.25) is 4.72 Å². The number of benzene rings is 1. The van der Waals surface area contributed by atoms with E-state index < -0.39 is 10.0 Å². The van der Waals surface area contributed by atoms with Gasteiger partial charge in [0.15, 0.2) is 3.77 Å². The average Bonchev–Trinajstić information content (AvgIpc) is 2.83. The van der Waals surface area contributed by atoms with Gasteiger partial charge >= 0.3 is 0 Å². The van der Waals surface area contributed by atoms with Crippen LogP contribution in [-0.4, -0.2) is 14.2 Å². The van der Waals surface area contributed by atoms with Crippen LogP contribution < -0.4 is 10.0 Å². The normalized spacial score (nSPS) is 11.3. The van der Waals surface area contributed by atoms with Crippen molar-refractivity contribution >= 4 is 44.0 Å². The molecule has 20 heavy (non-hydrogen) atoms. The fraction of sp³-hybridized carbons (Fsp3) is 0.231. The Hall–Kier alpha value is -1.22. The molecule has 0 unspecified atom stereocenters. The number of nitrogens with one attached hydrogen (secondary N) is 2.